The first-order valence-corrected chi connectivity index (χ1v) is 9.41. The Morgan fingerprint density at radius 3 is 2.48 bits per heavy atom. The van der Waals surface area contributed by atoms with Crippen LogP contribution in [0, 0.1) is 18.3 Å². The van der Waals surface area contributed by atoms with Crippen LogP contribution in [0.4, 0.5) is 5.88 Å². The number of carbonyl (C=O) groups is 1. The molecule has 1 amide bonds. The Labute approximate surface area is 170 Å². The molecule has 0 bridgehead atoms. The Bertz CT molecular complexity index is 1050. The molecule has 5 nitrogen and oxygen atoms in total. The fourth-order valence-corrected chi connectivity index (χ4v) is 2.95. The maximum atomic E-state index is 12.4. The molecule has 0 fully saturated rings. The van der Waals surface area contributed by atoms with Gasteiger partial charge >= 0.3 is 0 Å². The fraction of sp³-hybridized carbons (Fsp3) is 0.250. The monoisotopic (exact) mass is 388 g/mol. The Kier molecular flexibility index (Phi) is 5.74. The maximum absolute atomic E-state index is 12.4. The van der Waals surface area contributed by atoms with Crippen LogP contribution >= 0.6 is 0 Å². The number of hydrogen-bond donors (Lipinski definition) is 1. The summed E-state index contributed by atoms with van der Waals surface area (Å²) in [4.78, 5) is 12.4. The van der Waals surface area contributed by atoms with Gasteiger partial charge in [-0.2, -0.15) is 5.26 Å². The lowest BCUT2D eigenvalue weighted by Crippen LogP contribution is -2.22. The third kappa shape index (κ3) is 4.85. The van der Waals surface area contributed by atoms with Crippen LogP contribution in [0.1, 0.15) is 37.5 Å². The van der Waals surface area contributed by atoms with E-state index in [-0.39, 0.29) is 23.5 Å². The number of para-hydroxylation sites is 1. The van der Waals surface area contributed by atoms with Gasteiger partial charge in [0.1, 0.15) is 23.1 Å². The molecule has 0 radical (unpaired) electrons. The Morgan fingerprint density at radius 1 is 1.14 bits per heavy atom. The number of hydrogen-bond acceptors (Lipinski definition) is 4. The van der Waals surface area contributed by atoms with Crippen LogP contribution in [0.25, 0.3) is 11.3 Å². The maximum Gasteiger partial charge on any atom is 0.264 e. The van der Waals surface area contributed by atoms with Gasteiger partial charge in [0, 0.05) is 11.6 Å². The zero-order chi connectivity index (χ0) is 21.0. The number of nitrogens with one attached hydrogen (secondary N) is 1. The minimum Gasteiger partial charge on any atom is -0.483 e. The number of rotatable bonds is 5. The molecule has 3 rings (SSSR count). The SMILES string of the molecule is Cc1ccc(-c2cc(C#N)c(NC(=O)COc3ccccc3C(C)(C)C)o2)cc1. The minimum absolute atomic E-state index is 0.106. The van der Waals surface area contributed by atoms with Gasteiger partial charge in [-0.25, -0.2) is 0 Å². The summed E-state index contributed by atoms with van der Waals surface area (Å²) < 4.78 is 11.5. The molecule has 0 saturated carbocycles. The van der Waals surface area contributed by atoms with Crippen molar-refractivity contribution in [1.82, 2.24) is 0 Å². The summed E-state index contributed by atoms with van der Waals surface area (Å²) in [6.45, 7) is 8.08. The van der Waals surface area contributed by atoms with Gasteiger partial charge in [-0.3, -0.25) is 10.1 Å². The van der Waals surface area contributed by atoms with Gasteiger partial charge in [0.05, 0.1) is 0 Å². The molecule has 2 aromatic carbocycles. The molecule has 0 aliphatic heterocycles. The van der Waals surface area contributed by atoms with Gasteiger partial charge in [-0.1, -0.05) is 68.8 Å². The predicted molar refractivity (Wildman–Crippen MR) is 113 cm³/mol. The lowest BCUT2D eigenvalue weighted by molar-refractivity contribution is -0.118. The van der Waals surface area contributed by atoms with Gasteiger partial charge in [-0.05, 0) is 24.0 Å². The molecular formula is C24H24N2O3. The molecule has 0 unspecified atom stereocenters. The molecule has 5 heteroatoms. The third-order valence-electron chi connectivity index (χ3n) is 4.50. The van der Waals surface area contributed by atoms with Crippen molar-refractivity contribution >= 4 is 11.8 Å². The quantitative estimate of drug-likeness (QED) is 0.631. The van der Waals surface area contributed by atoms with Crippen LogP contribution in [0.5, 0.6) is 5.75 Å². The van der Waals surface area contributed by atoms with Crippen molar-refractivity contribution in [2.45, 2.75) is 33.1 Å². The van der Waals surface area contributed by atoms with Crippen molar-refractivity contribution in [2.75, 3.05) is 11.9 Å². The Balaban J connectivity index is 1.72. The fourth-order valence-electron chi connectivity index (χ4n) is 2.95. The van der Waals surface area contributed by atoms with Gasteiger partial charge in [-0.15, -0.1) is 0 Å². The lowest BCUT2D eigenvalue weighted by Gasteiger charge is -2.22. The van der Waals surface area contributed by atoms with Crippen molar-refractivity contribution in [3.05, 3.63) is 71.3 Å². The number of aryl methyl sites for hydroxylation is 1. The number of benzene rings is 2. The van der Waals surface area contributed by atoms with E-state index in [0.717, 1.165) is 16.7 Å². The largest absolute Gasteiger partial charge is 0.483 e. The van der Waals surface area contributed by atoms with E-state index in [0.29, 0.717) is 11.5 Å². The first kappa shape index (κ1) is 20.2. The van der Waals surface area contributed by atoms with E-state index in [2.05, 4.69) is 32.2 Å². The highest BCUT2D eigenvalue weighted by molar-refractivity contribution is 5.92. The van der Waals surface area contributed by atoms with Crippen LogP contribution in [-0.2, 0) is 10.2 Å². The highest BCUT2D eigenvalue weighted by Gasteiger charge is 2.20. The first-order chi connectivity index (χ1) is 13.8. The molecule has 1 aromatic heterocycles. The van der Waals surface area contributed by atoms with Gasteiger partial charge in [0.25, 0.3) is 5.91 Å². The molecular weight excluding hydrogens is 364 g/mol. The van der Waals surface area contributed by atoms with Crippen molar-refractivity contribution < 1.29 is 13.9 Å². The molecule has 1 N–H and O–H groups in total. The number of anilines is 1. The van der Waals surface area contributed by atoms with Crippen LogP contribution < -0.4 is 10.1 Å². The van der Waals surface area contributed by atoms with Crippen LogP contribution in [0.15, 0.2) is 59.0 Å². The van der Waals surface area contributed by atoms with Crippen molar-refractivity contribution in [3.8, 4) is 23.1 Å². The summed E-state index contributed by atoms with van der Waals surface area (Å²) in [5, 5.41) is 12.0. The summed E-state index contributed by atoms with van der Waals surface area (Å²) in [5.41, 5.74) is 3.14. The zero-order valence-electron chi connectivity index (χ0n) is 17.1. The minimum atomic E-state index is -0.394. The second-order valence-corrected chi connectivity index (χ2v) is 7.91. The standard InChI is InChI=1S/C24H24N2O3/c1-16-9-11-17(12-10-16)21-13-18(14-25)23(29-21)26-22(27)15-28-20-8-6-5-7-19(20)24(2,3)4/h5-13H,15H2,1-4H3,(H,26,27). The molecule has 0 spiro atoms. The number of amides is 1. The second-order valence-electron chi connectivity index (χ2n) is 7.91. The first-order valence-electron chi connectivity index (χ1n) is 9.41. The van der Waals surface area contributed by atoms with E-state index in [1.807, 2.05) is 55.5 Å². The molecule has 148 valence electrons. The van der Waals surface area contributed by atoms with Crippen LogP contribution in [0.2, 0.25) is 0 Å². The summed E-state index contributed by atoms with van der Waals surface area (Å²) in [6, 6.07) is 19.1. The highest BCUT2D eigenvalue weighted by Crippen LogP contribution is 2.31. The zero-order valence-corrected chi connectivity index (χ0v) is 17.1. The normalized spacial score (nSPS) is 11.0. The Hall–Kier alpha value is -3.52. The van der Waals surface area contributed by atoms with E-state index >= 15 is 0 Å². The summed E-state index contributed by atoms with van der Waals surface area (Å²) in [6.07, 6.45) is 0. The van der Waals surface area contributed by atoms with Crippen molar-refractivity contribution in [1.29, 1.82) is 5.26 Å². The van der Waals surface area contributed by atoms with Gasteiger partial charge in [0.15, 0.2) is 6.61 Å². The number of ether oxygens (including phenoxy) is 1. The van der Waals surface area contributed by atoms with Crippen molar-refractivity contribution in [3.63, 3.8) is 0 Å². The second kappa shape index (κ2) is 8.24. The predicted octanol–water partition coefficient (Wildman–Crippen LogP) is 5.44. The highest BCUT2D eigenvalue weighted by atomic mass is 16.5. The molecule has 3 aromatic rings. The summed E-state index contributed by atoms with van der Waals surface area (Å²) in [7, 11) is 0. The van der Waals surface area contributed by atoms with Crippen molar-refractivity contribution in [2.24, 2.45) is 0 Å². The molecule has 0 aliphatic carbocycles. The van der Waals surface area contributed by atoms with Crippen LogP contribution in [-0.4, -0.2) is 12.5 Å². The summed E-state index contributed by atoms with van der Waals surface area (Å²) >= 11 is 0. The number of nitrogens with zero attached hydrogens (tertiary/aromatic N) is 1. The van der Waals surface area contributed by atoms with E-state index in [4.69, 9.17) is 9.15 Å². The molecule has 1 heterocycles. The number of nitriles is 1. The average Bonchev–Trinajstić information content (AvgIpc) is 3.09. The van der Waals surface area contributed by atoms with Crippen LogP contribution in [0.3, 0.4) is 0 Å². The van der Waals surface area contributed by atoms with E-state index in [1.165, 1.54) is 0 Å². The van der Waals surface area contributed by atoms with Gasteiger partial charge < -0.3 is 9.15 Å². The molecule has 0 atom stereocenters. The third-order valence-corrected chi connectivity index (χ3v) is 4.50. The lowest BCUT2D eigenvalue weighted by atomic mass is 9.86. The molecule has 0 saturated heterocycles. The van der Waals surface area contributed by atoms with E-state index in [1.54, 1.807) is 6.07 Å². The topological polar surface area (TPSA) is 75.3 Å². The number of furan rings is 1. The average molecular weight is 388 g/mol. The summed E-state index contributed by atoms with van der Waals surface area (Å²) in [5.74, 6) is 0.919. The van der Waals surface area contributed by atoms with E-state index < -0.39 is 5.91 Å². The van der Waals surface area contributed by atoms with E-state index in [9.17, 15) is 10.1 Å². The van der Waals surface area contributed by atoms with Gasteiger partial charge in [0.2, 0.25) is 5.88 Å². The molecule has 29 heavy (non-hydrogen) atoms. The number of carbonyl (C=O) groups excluding carboxylic acids is 1. The smallest absolute Gasteiger partial charge is 0.264 e. The molecule has 0 aliphatic rings. The Morgan fingerprint density at radius 2 is 1.83 bits per heavy atom.